The summed E-state index contributed by atoms with van der Waals surface area (Å²) in [6.45, 7) is -0.177. The maximum atomic E-state index is 12.4. The number of ether oxygens (including phenoxy) is 2. The second kappa shape index (κ2) is 6.95. The van der Waals surface area contributed by atoms with Crippen LogP contribution >= 0.6 is 0 Å². The minimum Gasteiger partial charge on any atom is -0.482 e. The van der Waals surface area contributed by atoms with E-state index < -0.39 is 5.97 Å². The lowest BCUT2D eigenvalue weighted by Crippen LogP contribution is -2.21. The summed E-state index contributed by atoms with van der Waals surface area (Å²) < 4.78 is 10.0. The van der Waals surface area contributed by atoms with E-state index >= 15 is 0 Å². The molecule has 2 aromatic carbocycles. The van der Waals surface area contributed by atoms with E-state index in [2.05, 4.69) is 20.3 Å². The van der Waals surface area contributed by atoms with E-state index in [1.54, 1.807) is 12.1 Å². The van der Waals surface area contributed by atoms with Gasteiger partial charge >= 0.3 is 5.97 Å². The number of fused-ring (bicyclic) bond motifs is 1. The van der Waals surface area contributed by atoms with Gasteiger partial charge in [-0.25, -0.2) is 4.79 Å². The first kappa shape index (κ1) is 16.8. The van der Waals surface area contributed by atoms with Gasteiger partial charge in [-0.15, -0.1) is 0 Å². The predicted octanol–water partition coefficient (Wildman–Crippen LogP) is 2.46. The van der Waals surface area contributed by atoms with Crippen molar-refractivity contribution in [2.75, 3.05) is 13.7 Å². The second-order valence-electron chi connectivity index (χ2n) is 6.07. The molecule has 1 unspecified atom stereocenters. The number of rotatable bonds is 5. The zero-order chi connectivity index (χ0) is 18.8. The summed E-state index contributed by atoms with van der Waals surface area (Å²) in [5.74, 6) is -0.144. The van der Waals surface area contributed by atoms with Crippen LogP contribution in [0.2, 0.25) is 0 Å². The van der Waals surface area contributed by atoms with Gasteiger partial charge in [-0.1, -0.05) is 42.5 Å². The van der Waals surface area contributed by atoms with Crippen LogP contribution in [-0.4, -0.2) is 35.8 Å². The van der Waals surface area contributed by atoms with Crippen molar-refractivity contribution in [1.82, 2.24) is 15.5 Å². The van der Waals surface area contributed by atoms with E-state index in [1.807, 2.05) is 42.5 Å². The molecular weight excluding hydrogens is 346 g/mol. The highest BCUT2D eigenvalue weighted by Gasteiger charge is 2.35. The fourth-order valence-corrected chi connectivity index (χ4v) is 3.13. The van der Waals surface area contributed by atoms with Crippen LogP contribution in [0.3, 0.4) is 0 Å². The highest BCUT2D eigenvalue weighted by Crippen LogP contribution is 2.37. The van der Waals surface area contributed by atoms with Gasteiger partial charge in [-0.3, -0.25) is 9.89 Å². The van der Waals surface area contributed by atoms with Gasteiger partial charge in [-0.05, 0) is 17.7 Å². The third-order valence-electron chi connectivity index (χ3n) is 4.42. The minimum atomic E-state index is -0.460. The fraction of sp³-hybridized carbons (Fsp3) is 0.150. The topological polar surface area (TPSA) is 93.3 Å². The number of nitrogens with zero attached hydrogens (tertiary/aromatic N) is 1. The number of benzene rings is 2. The molecule has 136 valence electrons. The largest absolute Gasteiger partial charge is 0.482 e. The normalized spacial score (nSPS) is 15.1. The average molecular weight is 363 g/mol. The van der Waals surface area contributed by atoms with Crippen molar-refractivity contribution in [3.05, 3.63) is 71.4 Å². The van der Waals surface area contributed by atoms with E-state index in [9.17, 15) is 9.59 Å². The monoisotopic (exact) mass is 363 g/mol. The number of aromatic amines is 1. The van der Waals surface area contributed by atoms with Crippen molar-refractivity contribution in [3.63, 3.8) is 0 Å². The van der Waals surface area contributed by atoms with Crippen LogP contribution in [-0.2, 0) is 9.53 Å². The van der Waals surface area contributed by atoms with Gasteiger partial charge in [0.2, 0.25) is 0 Å². The summed E-state index contributed by atoms with van der Waals surface area (Å²) in [5.41, 5.74) is 3.75. The van der Waals surface area contributed by atoms with Crippen molar-refractivity contribution < 1.29 is 19.1 Å². The summed E-state index contributed by atoms with van der Waals surface area (Å²) in [6, 6.07) is 16.6. The Morgan fingerprint density at radius 1 is 1.15 bits per heavy atom. The van der Waals surface area contributed by atoms with Crippen molar-refractivity contribution in [2.45, 2.75) is 6.04 Å². The lowest BCUT2D eigenvalue weighted by Gasteiger charge is -2.14. The average Bonchev–Trinajstić information content (AvgIpc) is 3.28. The van der Waals surface area contributed by atoms with E-state index in [0.29, 0.717) is 11.4 Å². The van der Waals surface area contributed by atoms with Crippen LogP contribution in [0.25, 0.3) is 11.3 Å². The molecule has 0 saturated carbocycles. The van der Waals surface area contributed by atoms with Gasteiger partial charge in [0.25, 0.3) is 5.91 Å². The first-order valence-corrected chi connectivity index (χ1v) is 8.41. The fourth-order valence-electron chi connectivity index (χ4n) is 3.13. The first-order valence-electron chi connectivity index (χ1n) is 8.41. The van der Waals surface area contributed by atoms with E-state index in [4.69, 9.17) is 4.74 Å². The Balaban J connectivity index is 1.69. The Morgan fingerprint density at radius 2 is 1.96 bits per heavy atom. The number of carbonyl (C=O) groups is 2. The van der Waals surface area contributed by atoms with Crippen LogP contribution in [0.15, 0.2) is 54.6 Å². The van der Waals surface area contributed by atoms with Crippen molar-refractivity contribution >= 4 is 11.9 Å². The lowest BCUT2D eigenvalue weighted by molar-refractivity contribution is -0.142. The van der Waals surface area contributed by atoms with Crippen LogP contribution in [0.4, 0.5) is 0 Å². The Bertz CT molecular complexity index is 997. The SMILES string of the molecule is COC(=O)COc1cccc(C2NC(=O)c3[nH]nc(-c4ccccc4)c32)c1. The molecule has 1 aliphatic rings. The smallest absolute Gasteiger partial charge is 0.343 e. The molecule has 27 heavy (non-hydrogen) atoms. The maximum Gasteiger partial charge on any atom is 0.343 e. The molecule has 7 nitrogen and oxygen atoms in total. The molecule has 4 rings (SSSR count). The number of hydrogen-bond donors (Lipinski definition) is 2. The lowest BCUT2D eigenvalue weighted by atomic mass is 9.96. The molecule has 0 saturated heterocycles. The first-order chi connectivity index (χ1) is 13.2. The molecule has 2 N–H and O–H groups in total. The molecule has 0 radical (unpaired) electrons. The highest BCUT2D eigenvalue weighted by molar-refractivity contribution is 6.00. The number of hydrogen-bond acceptors (Lipinski definition) is 5. The molecule has 1 aromatic heterocycles. The number of nitrogens with one attached hydrogen (secondary N) is 2. The number of amides is 1. The Morgan fingerprint density at radius 3 is 2.74 bits per heavy atom. The molecular formula is C20H17N3O4. The van der Waals surface area contributed by atoms with Crippen LogP contribution in [0.1, 0.15) is 27.7 Å². The molecule has 2 heterocycles. The molecule has 1 atom stereocenters. The number of methoxy groups -OCH3 is 1. The standard InChI is InChI=1S/C20H17N3O4/c1-26-15(24)11-27-14-9-5-8-13(10-14)17-16-18(12-6-3-2-4-7-12)22-23-19(16)20(25)21-17/h2-10,17H,11H2,1H3,(H,21,25)(H,22,23). The van der Waals surface area contributed by atoms with Gasteiger partial charge < -0.3 is 14.8 Å². The third-order valence-corrected chi connectivity index (χ3v) is 4.42. The summed E-state index contributed by atoms with van der Waals surface area (Å²) in [4.78, 5) is 23.6. The minimum absolute atomic E-state index is 0.177. The van der Waals surface area contributed by atoms with Gasteiger partial charge in [0.1, 0.15) is 11.4 Å². The van der Waals surface area contributed by atoms with Crippen molar-refractivity contribution in [3.8, 4) is 17.0 Å². The predicted molar refractivity (Wildman–Crippen MR) is 97.3 cm³/mol. The molecule has 1 amide bonds. The van der Waals surface area contributed by atoms with E-state index in [0.717, 1.165) is 22.4 Å². The maximum absolute atomic E-state index is 12.4. The number of H-pyrrole nitrogens is 1. The van der Waals surface area contributed by atoms with Gasteiger partial charge in [0.05, 0.1) is 18.8 Å². The molecule has 7 heteroatoms. The molecule has 0 fully saturated rings. The summed E-state index contributed by atoms with van der Waals surface area (Å²) in [6.07, 6.45) is 0. The number of esters is 1. The van der Waals surface area contributed by atoms with Gasteiger partial charge in [0.15, 0.2) is 6.61 Å². The Hall–Kier alpha value is -3.61. The van der Waals surface area contributed by atoms with Gasteiger partial charge in [-0.2, -0.15) is 5.10 Å². The number of carbonyl (C=O) groups excluding carboxylic acids is 2. The van der Waals surface area contributed by atoms with Crippen LogP contribution in [0.5, 0.6) is 5.75 Å². The Kier molecular flexibility index (Phi) is 4.33. The van der Waals surface area contributed by atoms with Crippen molar-refractivity contribution in [2.24, 2.45) is 0 Å². The summed E-state index contributed by atoms with van der Waals surface area (Å²) in [5, 5.41) is 10.2. The molecule has 0 bridgehead atoms. The van der Waals surface area contributed by atoms with Gasteiger partial charge in [0, 0.05) is 11.1 Å². The zero-order valence-electron chi connectivity index (χ0n) is 14.6. The molecule has 0 aliphatic carbocycles. The third kappa shape index (κ3) is 3.15. The highest BCUT2D eigenvalue weighted by atomic mass is 16.6. The quantitative estimate of drug-likeness (QED) is 0.679. The Labute approximate surface area is 155 Å². The molecule has 0 spiro atoms. The van der Waals surface area contributed by atoms with E-state index in [1.165, 1.54) is 7.11 Å². The second-order valence-corrected chi connectivity index (χ2v) is 6.07. The van der Waals surface area contributed by atoms with Crippen LogP contribution < -0.4 is 10.1 Å². The van der Waals surface area contributed by atoms with Crippen molar-refractivity contribution in [1.29, 1.82) is 0 Å². The number of aromatic nitrogens is 2. The summed E-state index contributed by atoms with van der Waals surface area (Å²) >= 11 is 0. The molecule has 1 aliphatic heterocycles. The summed E-state index contributed by atoms with van der Waals surface area (Å²) in [7, 11) is 1.31. The molecule has 3 aromatic rings. The van der Waals surface area contributed by atoms with Crippen LogP contribution in [0, 0.1) is 0 Å². The van der Waals surface area contributed by atoms with E-state index in [-0.39, 0.29) is 18.6 Å². The zero-order valence-corrected chi connectivity index (χ0v) is 14.6.